The van der Waals surface area contributed by atoms with Gasteiger partial charge in [0, 0.05) is 23.8 Å². The molecule has 106 valence electrons. The van der Waals surface area contributed by atoms with Crippen LogP contribution in [-0.4, -0.2) is 36.4 Å². The summed E-state index contributed by atoms with van der Waals surface area (Å²) in [5, 5.41) is 11.7. The predicted octanol–water partition coefficient (Wildman–Crippen LogP) is 1.33. The van der Waals surface area contributed by atoms with Crippen molar-refractivity contribution in [1.82, 2.24) is 5.32 Å². The van der Waals surface area contributed by atoms with E-state index in [4.69, 9.17) is 9.84 Å². The molecule has 2 N–H and O–H groups in total. The molecular weight excluding hydrogens is 254 g/mol. The van der Waals surface area contributed by atoms with Gasteiger partial charge in [-0.3, -0.25) is 4.79 Å². The molecule has 1 fully saturated rings. The first kappa shape index (κ1) is 14.6. The Kier molecular flexibility index (Phi) is 5.16. The molecule has 0 radical (unpaired) electrons. The van der Waals surface area contributed by atoms with Gasteiger partial charge in [0.25, 0.3) is 5.91 Å². The van der Waals surface area contributed by atoms with E-state index in [0.29, 0.717) is 12.2 Å². The number of amides is 1. The number of carbonyl (C=O) groups excluding carboxylic acids is 1. The van der Waals surface area contributed by atoms with E-state index in [1.165, 1.54) is 0 Å². The number of rotatable bonds is 2. The fourth-order valence-corrected chi connectivity index (χ4v) is 2.24. The Bertz CT molecular complexity index is 513. The Labute approximate surface area is 119 Å². The second-order valence-electron chi connectivity index (χ2n) is 4.91. The summed E-state index contributed by atoms with van der Waals surface area (Å²) < 4.78 is 5.46. The topological polar surface area (TPSA) is 58.6 Å². The van der Waals surface area contributed by atoms with Crippen LogP contribution in [0.4, 0.5) is 0 Å². The number of carbonyl (C=O) groups is 1. The van der Waals surface area contributed by atoms with E-state index >= 15 is 0 Å². The van der Waals surface area contributed by atoms with Crippen LogP contribution in [0.15, 0.2) is 24.3 Å². The summed E-state index contributed by atoms with van der Waals surface area (Å²) in [6.07, 6.45) is 1.91. The van der Waals surface area contributed by atoms with E-state index in [1.807, 2.05) is 6.92 Å². The van der Waals surface area contributed by atoms with Crippen molar-refractivity contribution in [3.63, 3.8) is 0 Å². The highest BCUT2D eigenvalue weighted by Crippen LogP contribution is 2.14. The van der Waals surface area contributed by atoms with E-state index in [2.05, 4.69) is 17.2 Å². The lowest BCUT2D eigenvalue weighted by Crippen LogP contribution is -2.41. The van der Waals surface area contributed by atoms with Gasteiger partial charge in [0.1, 0.15) is 6.61 Å². The highest BCUT2D eigenvalue weighted by molar-refractivity contribution is 5.94. The van der Waals surface area contributed by atoms with Gasteiger partial charge in [-0.1, -0.05) is 11.8 Å². The van der Waals surface area contributed by atoms with Crippen LogP contribution in [0.3, 0.4) is 0 Å². The largest absolute Gasteiger partial charge is 0.384 e. The maximum Gasteiger partial charge on any atom is 0.251 e. The molecule has 2 atom stereocenters. The maximum absolute atomic E-state index is 12.1. The lowest BCUT2D eigenvalue weighted by atomic mass is 10.0. The van der Waals surface area contributed by atoms with Crippen LogP contribution in [0.5, 0.6) is 0 Å². The molecular formula is C16H19NO3. The third-order valence-corrected chi connectivity index (χ3v) is 3.28. The zero-order valence-corrected chi connectivity index (χ0v) is 11.6. The van der Waals surface area contributed by atoms with Crippen LogP contribution in [-0.2, 0) is 4.74 Å². The molecule has 0 saturated carbocycles. The van der Waals surface area contributed by atoms with Crippen LogP contribution in [0, 0.1) is 11.8 Å². The Balaban J connectivity index is 1.95. The molecule has 1 saturated heterocycles. The fourth-order valence-electron chi connectivity index (χ4n) is 2.24. The zero-order chi connectivity index (χ0) is 14.4. The average molecular weight is 273 g/mol. The molecule has 2 unspecified atom stereocenters. The van der Waals surface area contributed by atoms with E-state index in [-0.39, 0.29) is 24.7 Å². The van der Waals surface area contributed by atoms with Gasteiger partial charge in [0.05, 0.1) is 6.10 Å². The first-order valence-corrected chi connectivity index (χ1v) is 6.81. The lowest BCUT2D eigenvalue weighted by Gasteiger charge is -2.27. The quantitative estimate of drug-likeness (QED) is 0.799. The molecule has 1 aliphatic heterocycles. The van der Waals surface area contributed by atoms with Gasteiger partial charge in [-0.2, -0.15) is 0 Å². The molecule has 1 amide bonds. The zero-order valence-electron chi connectivity index (χ0n) is 11.6. The summed E-state index contributed by atoms with van der Waals surface area (Å²) >= 11 is 0. The Morgan fingerprint density at radius 2 is 2.20 bits per heavy atom. The minimum absolute atomic E-state index is 0.0641. The van der Waals surface area contributed by atoms with Crippen LogP contribution >= 0.6 is 0 Å². The Morgan fingerprint density at radius 1 is 1.45 bits per heavy atom. The van der Waals surface area contributed by atoms with Gasteiger partial charge in [-0.15, -0.1) is 0 Å². The van der Waals surface area contributed by atoms with Crippen LogP contribution in [0.1, 0.15) is 35.7 Å². The molecule has 0 aliphatic carbocycles. The number of benzene rings is 1. The highest BCUT2D eigenvalue weighted by Gasteiger charge is 2.21. The molecule has 0 aromatic heterocycles. The van der Waals surface area contributed by atoms with Crippen molar-refractivity contribution >= 4 is 5.91 Å². The van der Waals surface area contributed by atoms with E-state index in [9.17, 15) is 4.79 Å². The SMILES string of the molecule is CC1CC(NC(=O)c2ccc(C#CCO)cc2)CCO1. The Morgan fingerprint density at radius 3 is 2.85 bits per heavy atom. The van der Waals surface area contributed by atoms with Crippen molar-refractivity contribution < 1.29 is 14.6 Å². The third kappa shape index (κ3) is 4.09. The standard InChI is InChI=1S/C16H19NO3/c1-12-11-15(8-10-20-12)17-16(19)14-6-4-13(5-7-14)3-2-9-18/h4-7,12,15,18H,8-11H2,1H3,(H,17,19). The molecule has 0 spiro atoms. The van der Waals surface area contributed by atoms with E-state index < -0.39 is 0 Å². The van der Waals surface area contributed by atoms with E-state index in [1.54, 1.807) is 24.3 Å². The minimum Gasteiger partial charge on any atom is -0.384 e. The van der Waals surface area contributed by atoms with Gasteiger partial charge >= 0.3 is 0 Å². The molecule has 1 aromatic rings. The number of aliphatic hydroxyl groups is 1. The van der Waals surface area contributed by atoms with Gasteiger partial charge in [0.2, 0.25) is 0 Å². The predicted molar refractivity (Wildman–Crippen MR) is 76.3 cm³/mol. The first-order chi connectivity index (χ1) is 9.69. The highest BCUT2D eigenvalue weighted by atomic mass is 16.5. The average Bonchev–Trinajstić information content (AvgIpc) is 2.45. The summed E-state index contributed by atoms with van der Waals surface area (Å²) in [6, 6.07) is 7.24. The fraction of sp³-hybridized carbons (Fsp3) is 0.438. The number of ether oxygens (including phenoxy) is 1. The summed E-state index contributed by atoms with van der Waals surface area (Å²) in [6.45, 7) is 2.55. The second-order valence-corrected chi connectivity index (χ2v) is 4.91. The van der Waals surface area contributed by atoms with Gasteiger partial charge in [-0.25, -0.2) is 0 Å². The first-order valence-electron chi connectivity index (χ1n) is 6.81. The van der Waals surface area contributed by atoms with Gasteiger partial charge < -0.3 is 15.2 Å². The van der Waals surface area contributed by atoms with Crippen molar-refractivity contribution in [1.29, 1.82) is 0 Å². The number of hydrogen-bond acceptors (Lipinski definition) is 3. The molecule has 20 heavy (non-hydrogen) atoms. The summed E-state index contributed by atoms with van der Waals surface area (Å²) in [4.78, 5) is 12.1. The van der Waals surface area contributed by atoms with Crippen molar-refractivity contribution in [2.75, 3.05) is 13.2 Å². The van der Waals surface area contributed by atoms with Gasteiger partial charge in [-0.05, 0) is 44.0 Å². The lowest BCUT2D eigenvalue weighted by molar-refractivity contribution is 0.0136. The smallest absolute Gasteiger partial charge is 0.251 e. The number of aliphatic hydroxyl groups excluding tert-OH is 1. The monoisotopic (exact) mass is 273 g/mol. The summed E-state index contributed by atoms with van der Waals surface area (Å²) in [5.74, 6) is 5.31. The van der Waals surface area contributed by atoms with Crippen molar-refractivity contribution in [3.05, 3.63) is 35.4 Å². The molecule has 0 bridgehead atoms. The third-order valence-electron chi connectivity index (χ3n) is 3.28. The van der Waals surface area contributed by atoms with Crippen molar-refractivity contribution in [2.45, 2.75) is 31.9 Å². The summed E-state index contributed by atoms with van der Waals surface area (Å²) in [5.41, 5.74) is 1.41. The summed E-state index contributed by atoms with van der Waals surface area (Å²) in [7, 11) is 0. The number of hydrogen-bond donors (Lipinski definition) is 2. The molecule has 1 aromatic carbocycles. The molecule has 4 nitrogen and oxygen atoms in total. The molecule has 2 rings (SSSR count). The minimum atomic E-state index is -0.163. The molecule has 1 aliphatic rings. The Hall–Kier alpha value is -1.83. The van der Waals surface area contributed by atoms with Gasteiger partial charge in [0.15, 0.2) is 0 Å². The van der Waals surface area contributed by atoms with Crippen LogP contribution in [0.2, 0.25) is 0 Å². The molecule has 1 heterocycles. The number of nitrogens with one attached hydrogen (secondary N) is 1. The second kappa shape index (κ2) is 7.09. The van der Waals surface area contributed by atoms with Crippen LogP contribution < -0.4 is 5.32 Å². The van der Waals surface area contributed by atoms with Crippen molar-refractivity contribution in [2.24, 2.45) is 0 Å². The van der Waals surface area contributed by atoms with Crippen molar-refractivity contribution in [3.8, 4) is 11.8 Å². The van der Waals surface area contributed by atoms with Crippen LogP contribution in [0.25, 0.3) is 0 Å². The van der Waals surface area contributed by atoms with E-state index in [0.717, 1.165) is 18.4 Å². The normalized spacial score (nSPS) is 21.7. The molecule has 4 heteroatoms. The maximum atomic E-state index is 12.1.